The van der Waals surface area contributed by atoms with Crippen molar-refractivity contribution >= 4 is 23.7 Å². The van der Waals surface area contributed by atoms with Crippen molar-refractivity contribution in [1.29, 1.82) is 0 Å². The quantitative estimate of drug-likeness (QED) is 0.681. The van der Waals surface area contributed by atoms with Crippen LogP contribution in [-0.2, 0) is 16.0 Å². The maximum Gasteiger partial charge on any atom is 0.407 e. The zero-order chi connectivity index (χ0) is 23.1. The average molecular weight is 454 g/mol. The zero-order valence-electron chi connectivity index (χ0n) is 18.8. The Hall–Kier alpha value is -2.74. The maximum atomic E-state index is 13.0. The monoisotopic (exact) mass is 453 g/mol. The van der Waals surface area contributed by atoms with Crippen molar-refractivity contribution in [2.45, 2.75) is 56.9 Å². The van der Waals surface area contributed by atoms with Gasteiger partial charge in [-0.2, -0.15) is 0 Å². The molecule has 1 aromatic rings. The molecule has 8 nitrogen and oxygen atoms in total. The summed E-state index contributed by atoms with van der Waals surface area (Å²) in [6.07, 6.45) is 4.43. The molecule has 3 heterocycles. The zero-order valence-corrected chi connectivity index (χ0v) is 18.8. The van der Waals surface area contributed by atoms with Crippen molar-refractivity contribution in [3.63, 3.8) is 0 Å². The van der Waals surface area contributed by atoms with E-state index in [1.54, 1.807) is 0 Å². The first-order chi connectivity index (χ1) is 15.9. The first-order valence-corrected chi connectivity index (χ1v) is 12.1. The van der Waals surface area contributed by atoms with Gasteiger partial charge in [0.05, 0.1) is 0 Å². The van der Waals surface area contributed by atoms with Crippen molar-refractivity contribution in [2.24, 2.45) is 11.8 Å². The number of imide groups is 1. The summed E-state index contributed by atoms with van der Waals surface area (Å²) in [5, 5.41) is 11.5. The average Bonchev–Trinajstić information content (AvgIpc) is 3.15. The number of carbonyl (C=O) groups is 4. The minimum atomic E-state index is -0.818. The number of ketones is 1. The first-order valence-electron chi connectivity index (χ1n) is 12.1. The fraction of sp³-hybridized carbons (Fsp3) is 0.600. The Bertz CT molecular complexity index is 976. The van der Waals surface area contributed by atoms with Crippen LogP contribution >= 0.6 is 0 Å². The third-order valence-corrected chi connectivity index (χ3v) is 8.19. The Kier molecular flexibility index (Phi) is 5.95. The molecule has 4 aliphatic rings. The summed E-state index contributed by atoms with van der Waals surface area (Å²) in [6.45, 7) is 3.26. The van der Waals surface area contributed by atoms with Crippen LogP contribution in [0.3, 0.4) is 0 Å². The molecule has 2 N–H and O–H groups in total. The highest BCUT2D eigenvalue weighted by atomic mass is 16.4. The first kappa shape index (κ1) is 22.1. The molecule has 0 bridgehead atoms. The molecule has 1 aliphatic carbocycles. The second kappa shape index (κ2) is 8.89. The number of hydrogen-bond acceptors (Lipinski definition) is 5. The number of nitrogens with one attached hydrogen (secondary N) is 1. The van der Waals surface area contributed by atoms with Gasteiger partial charge in [-0.1, -0.05) is 18.2 Å². The molecule has 3 saturated heterocycles. The van der Waals surface area contributed by atoms with Crippen molar-refractivity contribution in [3.8, 4) is 0 Å². The largest absolute Gasteiger partial charge is 0.465 e. The second-order valence-corrected chi connectivity index (χ2v) is 9.96. The second-order valence-electron chi connectivity index (χ2n) is 9.96. The molecule has 5 rings (SSSR count). The maximum absolute atomic E-state index is 13.0. The number of likely N-dealkylation sites (tertiary alicyclic amines) is 2. The van der Waals surface area contributed by atoms with Gasteiger partial charge < -0.3 is 14.9 Å². The highest BCUT2D eigenvalue weighted by molar-refractivity contribution is 6.07. The number of Topliss-reactive ketones (excluding diaryl/α,β-unsaturated/α-hetero) is 1. The standard InChI is InChI=1S/C25H31N3O5/c29-22-4-3-20(24(31)26-22)21-14-17-13-16(1-2-19(17)23(21)30)15-5-9-27(10-6-15)18-7-11-28(12-8-18)25(32)33/h1-2,13,15,18,20-21H,3-12,14H2,(H,32,33)(H,26,29,31). The molecular weight excluding hydrogens is 422 g/mol. The number of carbonyl (C=O) groups excluding carboxylic acids is 3. The molecule has 176 valence electrons. The van der Waals surface area contributed by atoms with Crippen molar-refractivity contribution in [3.05, 3.63) is 34.9 Å². The predicted molar refractivity (Wildman–Crippen MR) is 120 cm³/mol. The predicted octanol–water partition coefficient (Wildman–Crippen LogP) is 2.42. The highest BCUT2D eigenvalue weighted by Crippen LogP contribution is 2.38. The van der Waals surface area contributed by atoms with E-state index in [0.29, 0.717) is 44.3 Å². The molecule has 0 radical (unpaired) electrons. The van der Waals surface area contributed by atoms with Crippen LogP contribution in [-0.4, -0.2) is 70.8 Å². The third-order valence-electron chi connectivity index (χ3n) is 8.19. The molecule has 8 heteroatoms. The Morgan fingerprint density at radius 3 is 2.33 bits per heavy atom. The summed E-state index contributed by atoms with van der Waals surface area (Å²) < 4.78 is 0. The van der Waals surface area contributed by atoms with Crippen molar-refractivity contribution < 1.29 is 24.3 Å². The van der Waals surface area contributed by atoms with E-state index in [2.05, 4.69) is 22.3 Å². The van der Waals surface area contributed by atoms with Crippen LogP contribution in [0, 0.1) is 11.8 Å². The fourth-order valence-electron chi connectivity index (χ4n) is 6.25. The van der Waals surface area contributed by atoms with Crippen molar-refractivity contribution in [2.75, 3.05) is 26.2 Å². The molecule has 2 atom stereocenters. The molecule has 3 amide bonds. The van der Waals surface area contributed by atoms with Crippen LogP contribution < -0.4 is 5.32 Å². The normalized spacial score (nSPS) is 27.5. The van der Waals surface area contributed by atoms with Gasteiger partial charge in [0.2, 0.25) is 11.8 Å². The van der Waals surface area contributed by atoms with Gasteiger partial charge in [-0.3, -0.25) is 19.7 Å². The Balaban J connectivity index is 1.19. The summed E-state index contributed by atoms with van der Waals surface area (Å²) in [7, 11) is 0. The highest BCUT2D eigenvalue weighted by Gasteiger charge is 2.42. The topological polar surface area (TPSA) is 107 Å². The lowest BCUT2D eigenvalue weighted by Crippen LogP contribution is -2.48. The van der Waals surface area contributed by atoms with Gasteiger partial charge in [-0.25, -0.2) is 4.79 Å². The number of fused-ring (bicyclic) bond motifs is 1. The Morgan fingerprint density at radius 2 is 1.67 bits per heavy atom. The lowest BCUT2D eigenvalue weighted by Gasteiger charge is -2.41. The van der Waals surface area contributed by atoms with E-state index in [9.17, 15) is 19.2 Å². The summed E-state index contributed by atoms with van der Waals surface area (Å²) >= 11 is 0. The molecule has 1 aromatic carbocycles. The molecule has 2 unspecified atom stereocenters. The van der Waals surface area contributed by atoms with Crippen molar-refractivity contribution in [1.82, 2.24) is 15.1 Å². The SMILES string of the molecule is O=C1CCC(C2Cc3cc(C4CCN(C5CCN(C(=O)O)CC5)CC4)ccc3C2=O)C(=O)N1. The van der Waals surface area contributed by atoms with Crippen LogP contribution in [0.15, 0.2) is 18.2 Å². The van der Waals surface area contributed by atoms with Crippen LogP contribution in [0.25, 0.3) is 0 Å². The van der Waals surface area contributed by atoms with Gasteiger partial charge in [0.15, 0.2) is 5.78 Å². The Morgan fingerprint density at radius 1 is 0.939 bits per heavy atom. The van der Waals surface area contributed by atoms with E-state index < -0.39 is 12.0 Å². The number of rotatable bonds is 3. The molecule has 3 aliphatic heterocycles. The number of benzene rings is 1. The molecule has 0 spiro atoms. The number of nitrogens with zero attached hydrogens (tertiary/aromatic N) is 2. The van der Waals surface area contributed by atoms with Crippen LogP contribution in [0.1, 0.15) is 65.9 Å². The van der Waals surface area contributed by atoms with Gasteiger partial charge >= 0.3 is 6.09 Å². The molecule has 3 fully saturated rings. The molecule has 0 saturated carbocycles. The lowest BCUT2D eigenvalue weighted by atomic mass is 9.83. The summed E-state index contributed by atoms with van der Waals surface area (Å²) in [5.74, 6) is -0.841. The van der Waals surface area contributed by atoms with Gasteiger partial charge in [-0.05, 0) is 68.7 Å². The van der Waals surface area contributed by atoms with E-state index in [4.69, 9.17) is 5.11 Å². The number of piperidine rings is 3. The third kappa shape index (κ3) is 4.28. The van der Waals surface area contributed by atoms with Gasteiger partial charge in [-0.15, -0.1) is 0 Å². The van der Waals surface area contributed by atoms with E-state index in [-0.39, 0.29) is 23.5 Å². The Labute approximate surface area is 193 Å². The summed E-state index contributed by atoms with van der Waals surface area (Å²) in [4.78, 5) is 51.9. The number of amides is 3. The van der Waals surface area contributed by atoms with Crippen LogP contribution in [0.2, 0.25) is 0 Å². The number of carboxylic acid groups (broad SMARTS) is 1. The van der Waals surface area contributed by atoms with Crippen LogP contribution in [0.5, 0.6) is 0 Å². The van der Waals surface area contributed by atoms with Gasteiger partial charge in [0.1, 0.15) is 0 Å². The van der Waals surface area contributed by atoms with E-state index in [1.165, 1.54) is 10.5 Å². The summed E-state index contributed by atoms with van der Waals surface area (Å²) in [6, 6.07) is 6.65. The number of hydrogen-bond donors (Lipinski definition) is 2. The minimum Gasteiger partial charge on any atom is -0.465 e. The van der Waals surface area contributed by atoms with Gasteiger partial charge in [0, 0.05) is 43.0 Å². The van der Waals surface area contributed by atoms with E-state index in [0.717, 1.165) is 49.9 Å². The minimum absolute atomic E-state index is 0.0357. The fourth-order valence-corrected chi connectivity index (χ4v) is 6.25. The smallest absolute Gasteiger partial charge is 0.407 e. The molecular formula is C25H31N3O5. The van der Waals surface area contributed by atoms with E-state index in [1.807, 2.05) is 6.07 Å². The van der Waals surface area contributed by atoms with Crippen LogP contribution in [0.4, 0.5) is 4.79 Å². The van der Waals surface area contributed by atoms with Gasteiger partial charge in [0.25, 0.3) is 0 Å². The molecule has 33 heavy (non-hydrogen) atoms. The summed E-state index contributed by atoms with van der Waals surface area (Å²) in [5.41, 5.74) is 3.04. The molecule has 0 aromatic heterocycles. The lowest BCUT2D eigenvalue weighted by molar-refractivity contribution is -0.137. The van der Waals surface area contributed by atoms with E-state index >= 15 is 0 Å².